The molecule has 124 valence electrons. The molecule has 0 bridgehead atoms. The number of ether oxygens (including phenoxy) is 1. The van der Waals surface area contributed by atoms with E-state index in [1.165, 1.54) is 0 Å². The highest BCUT2D eigenvalue weighted by Crippen LogP contribution is 2.24. The largest absolute Gasteiger partial charge is 0.465 e. The zero-order chi connectivity index (χ0) is 15.9. The summed E-state index contributed by atoms with van der Waals surface area (Å²) in [6, 6.07) is 0.464. The van der Waals surface area contributed by atoms with E-state index in [4.69, 9.17) is 4.74 Å². The Hall–Kier alpha value is -0.650. The zero-order valence-corrected chi connectivity index (χ0v) is 14.4. The second kappa shape index (κ2) is 8.71. The van der Waals surface area contributed by atoms with Crippen molar-refractivity contribution in [2.45, 2.75) is 52.6 Å². The van der Waals surface area contributed by atoms with Gasteiger partial charge in [-0.3, -0.25) is 10.2 Å². The molecule has 1 fully saturated rings. The van der Waals surface area contributed by atoms with Gasteiger partial charge in [0, 0.05) is 32.2 Å². The van der Waals surface area contributed by atoms with Crippen LogP contribution in [0.4, 0.5) is 0 Å². The third-order valence-corrected chi connectivity index (χ3v) is 4.48. The number of likely N-dealkylation sites (N-methyl/N-ethyl adjacent to an activating group) is 1. The molecular formula is C16H33N3O2. The highest BCUT2D eigenvalue weighted by atomic mass is 16.5. The number of nitrogens with zero attached hydrogens (tertiary/aromatic N) is 2. The molecule has 1 rings (SSSR count). The number of carbonyl (C=O) groups is 1. The van der Waals surface area contributed by atoms with Gasteiger partial charge in [-0.2, -0.15) is 0 Å². The minimum atomic E-state index is -0.520. The Morgan fingerprint density at radius 1 is 1.33 bits per heavy atom. The molecule has 1 aliphatic rings. The van der Waals surface area contributed by atoms with Crippen molar-refractivity contribution in [3.63, 3.8) is 0 Å². The summed E-state index contributed by atoms with van der Waals surface area (Å²) in [5, 5.41) is 3.51. The van der Waals surface area contributed by atoms with Gasteiger partial charge in [0.15, 0.2) is 0 Å². The summed E-state index contributed by atoms with van der Waals surface area (Å²) < 4.78 is 5.33. The number of nitrogens with one attached hydrogen (secondary N) is 1. The third-order valence-electron chi connectivity index (χ3n) is 4.48. The smallest absolute Gasteiger partial charge is 0.327 e. The van der Waals surface area contributed by atoms with Gasteiger partial charge in [-0.25, -0.2) is 4.79 Å². The summed E-state index contributed by atoms with van der Waals surface area (Å²) in [5.74, 6) is -0.0901. The third kappa shape index (κ3) is 4.94. The SMILES string of the molecule is CCOC(=O)C1(NCCN(CC)CC)CCN(C(C)C)C1. The minimum absolute atomic E-state index is 0.0901. The Morgan fingerprint density at radius 3 is 2.48 bits per heavy atom. The fraction of sp³-hybridized carbons (Fsp3) is 0.938. The molecule has 0 radical (unpaired) electrons. The molecule has 0 aliphatic carbocycles. The van der Waals surface area contributed by atoms with Gasteiger partial charge in [0.25, 0.3) is 0 Å². The van der Waals surface area contributed by atoms with E-state index in [1.807, 2.05) is 6.92 Å². The average Bonchev–Trinajstić information content (AvgIpc) is 2.90. The monoisotopic (exact) mass is 299 g/mol. The second-order valence-corrected chi connectivity index (χ2v) is 6.07. The number of hydrogen-bond acceptors (Lipinski definition) is 5. The van der Waals surface area contributed by atoms with Crippen LogP contribution in [0.2, 0.25) is 0 Å². The highest BCUT2D eigenvalue weighted by molar-refractivity contribution is 5.81. The number of rotatable bonds is 9. The standard InChI is InChI=1S/C16H33N3O2/c1-6-18(7-2)12-10-17-16(15(20)21-8-3)9-11-19(13-16)14(4)5/h14,17H,6-13H2,1-5H3. The molecule has 21 heavy (non-hydrogen) atoms. The Morgan fingerprint density at radius 2 is 2.00 bits per heavy atom. The molecule has 1 unspecified atom stereocenters. The Bertz CT molecular complexity index is 319. The lowest BCUT2D eigenvalue weighted by atomic mass is 9.98. The van der Waals surface area contributed by atoms with Gasteiger partial charge in [0.2, 0.25) is 0 Å². The molecule has 0 aromatic carbocycles. The normalized spacial score (nSPS) is 23.2. The van der Waals surface area contributed by atoms with Crippen LogP contribution in [-0.2, 0) is 9.53 Å². The number of likely N-dealkylation sites (tertiary alicyclic amines) is 1. The van der Waals surface area contributed by atoms with Crippen LogP contribution in [-0.4, -0.2) is 73.2 Å². The molecule has 0 aromatic rings. The van der Waals surface area contributed by atoms with Crippen LogP contribution in [0.1, 0.15) is 41.0 Å². The first-order chi connectivity index (χ1) is 9.99. The fourth-order valence-corrected chi connectivity index (χ4v) is 2.93. The van der Waals surface area contributed by atoms with Crippen molar-refractivity contribution < 1.29 is 9.53 Å². The van der Waals surface area contributed by atoms with Crippen molar-refractivity contribution in [3.8, 4) is 0 Å². The first kappa shape index (κ1) is 18.4. The topological polar surface area (TPSA) is 44.8 Å². The molecule has 5 nitrogen and oxygen atoms in total. The molecule has 1 saturated heterocycles. The van der Waals surface area contributed by atoms with Crippen LogP contribution in [0.5, 0.6) is 0 Å². The van der Waals surface area contributed by atoms with Crippen molar-refractivity contribution >= 4 is 5.97 Å². The summed E-state index contributed by atoms with van der Waals surface area (Å²) in [6.07, 6.45) is 0.836. The van der Waals surface area contributed by atoms with Gasteiger partial charge in [0.05, 0.1) is 6.61 Å². The van der Waals surface area contributed by atoms with Crippen LogP contribution >= 0.6 is 0 Å². The second-order valence-electron chi connectivity index (χ2n) is 6.07. The Labute approximate surface area is 130 Å². The zero-order valence-electron chi connectivity index (χ0n) is 14.4. The van der Waals surface area contributed by atoms with Crippen molar-refractivity contribution in [2.75, 3.05) is 45.9 Å². The molecule has 0 spiro atoms. The van der Waals surface area contributed by atoms with E-state index in [2.05, 4.69) is 42.8 Å². The highest BCUT2D eigenvalue weighted by Gasteiger charge is 2.45. The molecular weight excluding hydrogens is 266 g/mol. The van der Waals surface area contributed by atoms with Crippen LogP contribution in [0, 0.1) is 0 Å². The lowest BCUT2D eigenvalue weighted by Crippen LogP contribution is -2.56. The molecule has 1 heterocycles. The van der Waals surface area contributed by atoms with E-state index < -0.39 is 5.54 Å². The van der Waals surface area contributed by atoms with Crippen molar-refractivity contribution in [2.24, 2.45) is 0 Å². The maximum absolute atomic E-state index is 12.4. The van der Waals surface area contributed by atoms with E-state index in [-0.39, 0.29) is 5.97 Å². The lowest BCUT2D eigenvalue weighted by Gasteiger charge is -2.30. The van der Waals surface area contributed by atoms with E-state index in [1.54, 1.807) is 0 Å². The van der Waals surface area contributed by atoms with E-state index in [0.29, 0.717) is 12.6 Å². The van der Waals surface area contributed by atoms with Crippen molar-refractivity contribution in [3.05, 3.63) is 0 Å². The van der Waals surface area contributed by atoms with Gasteiger partial charge in [-0.15, -0.1) is 0 Å². The minimum Gasteiger partial charge on any atom is -0.465 e. The molecule has 1 N–H and O–H groups in total. The van der Waals surface area contributed by atoms with Gasteiger partial charge in [0.1, 0.15) is 5.54 Å². The van der Waals surface area contributed by atoms with Crippen LogP contribution in [0.15, 0.2) is 0 Å². The van der Waals surface area contributed by atoms with E-state index in [9.17, 15) is 4.79 Å². The fourth-order valence-electron chi connectivity index (χ4n) is 2.93. The van der Waals surface area contributed by atoms with Crippen LogP contribution in [0.25, 0.3) is 0 Å². The summed E-state index contributed by atoms with van der Waals surface area (Å²) in [4.78, 5) is 17.1. The quantitative estimate of drug-likeness (QED) is 0.651. The number of esters is 1. The molecule has 1 atom stereocenters. The van der Waals surface area contributed by atoms with Gasteiger partial charge >= 0.3 is 5.97 Å². The molecule has 0 amide bonds. The van der Waals surface area contributed by atoms with Crippen molar-refractivity contribution in [1.29, 1.82) is 0 Å². The lowest BCUT2D eigenvalue weighted by molar-refractivity contribution is -0.150. The van der Waals surface area contributed by atoms with Crippen molar-refractivity contribution in [1.82, 2.24) is 15.1 Å². The Balaban J connectivity index is 2.64. The van der Waals surface area contributed by atoms with Crippen LogP contribution < -0.4 is 5.32 Å². The van der Waals surface area contributed by atoms with Gasteiger partial charge in [-0.05, 0) is 40.3 Å². The summed E-state index contributed by atoms with van der Waals surface area (Å²) in [5.41, 5.74) is -0.520. The Kier molecular flexibility index (Phi) is 7.63. The number of hydrogen-bond donors (Lipinski definition) is 1. The first-order valence-corrected chi connectivity index (χ1v) is 8.37. The predicted octanol–water partition coefficient (Wildman–Crippen LogP) is 1.33. The van der Waals surface area contributed by atoms with Gasteiger partial charge in [-0.1, -0.05) is 13.8 Å². The predicted molar refractivity (Wildman–Crippen MR) is 86.5 cm³/mol. The van der Waals surface area contributed by atoms with E-state index in [0.717, 1.165) is 45.7 Å². The summed E-state index contributed by atoms with van der Waals surface area (Å²) in [6.45, 7) is 16.6. The number of carbonyl (C=O) groups excluding carboxylic acids is 1. The molecule has 0 saturated carbocycles. The molecule has 1 aliphatic heterocycles. The first-order valence-electron chi connectivity index (χ1n) is 8.37. The molecule has 0 aromatic heterocycles. The average molecular weight is 299 g/mol. The maximum atomic E-state index is 12.4. The summed E-state index contributed by atoms with van der Waals surface area (Å²) >= 11 is 0. The summed E-state index contributed by atoms with van der Waals surface area (Å²) in [7, 11) is 0. The van der Waals surface area contributed by atoms with E-state index >= 15 is 0 Å². The van der Waals surface area contributed by atoms with Gasteiger partial charge < -0.3 is 9.64 Å². The molecule has 5 heteroatoms. The maximum Gasteiger partial charge on any atom is 0.327 e. The van der Waals surface area contributed by atoms with Crippen LogP contribution in [0.3, 0.4) is 0 Å².